The Morgan fingerprint density at radius 3 is 2.75 bits per heavy atom. The highest BCUT2D eigenvalue weighted by Gasteiger charge is 1.86. The topological polar surface area (TPSA) is 12.9 Å². The first kappa shape index (κ1) is 5.64. The molecule has 1 rings (SSSR count). The zero-order valence-corrected chi connectivity index (χ0v) is 5.29. The Kier molecular flexibility index (Phi) is 1.54. The summed E-state index contributed by atoms with van der Waals surface area (Å²) < 4.78 is 12.0. The van der Waals surface area contributed by atoms with E-state index in [0.29, 0.717) is 0 Å². The van der Waals surface area contributed by atoms with E-state index in [4.69, 9.17) is 0 Å². The molecule has 0 N–H and O–H groups in total. The first-order chi connectivity index (χ1) is 3.79. The quantitative estimate of drug-likeness (QED) is 0.371. The van der Waals surface area contributed by atoms with E-state index in [1.54, 1.807) is 6.07 Å². The van der Waals surface area contributed by atoms with E-state index < -0.39 is 5.95 Å². The third-order valence-electron chi connectivity index (χ3n) is 0.751. The summed E-state index contributed by atoms with van der Waals surface area (Å²) in [5.41, 5.74) is 0. The molecule has 1 heterocycles. The van der Waals surface area contributed by atoms with Gasteiger partial charge in [-0.15, -0.1) is 9.24 Å². The van der Waals surface area contributed by atoms with Gasteiger partial charge in [0, 0.05) is 12.3 Å². The predicted molar refractivity (Wildman–Crippen MR) is 33.5 cm³/mol. The van der Waals surface area contributed by atoms with Gasteiger partial charge >= 0.3 is 0 Å². The molecule has 1 nitrogen and oxygen atoms in total. The third-order valence-corrected chi connectivity index (χ3v) is 1.11. The molecule has 0 saturated heterocycles. The Hall–Kier alpha value is -0.490. The van der Waals surface area contributed by atoms with Crippen LogP contribution in [0.4, 0.5) is 4.39 Å². The summed E-state index contributed by atoms with van der Waals surface area (Å²) in [5, 5.41) is 0.817. The maximum Gasteiger partial charge on any atom is 0.213 e. The molecule has 0 amide bonds. The second-order valence-corrected chi connectivity index (χ2v) is 2.08. The molecule has 1 unspecified atom stereocenters. The maximum atomic E-state index is 12.0. The second kappa shape index (κ2) is 2.19. The van der Waals surface area contributed by atoms with Crippen LogP contribution in [0, 0.1) is 5.95 Å². The number of aromatic nitrogens is 1. The number of rotatable bonds is 0. The van der Waals surface area contributed by atoms with Crippen LogP contribution >= 0.6 is 9.24 Å². The highest BCUT2D eigenvalue weighted by atomic mass is 31.0. The molecule has 42 valence electrons. The molecule has 0 aromatic carbocycles. The molecule has 3 heteroatoms. The molecule has 0 fully saturated rings. The molecule has 0 aliphatic carbocycles. The maximum absolute atomic E-state index is 12.0. The van der Waals surface area contributed by atoms with Gasteiger partial charge in [-0.1, -0.05) is 0 Å². The van der Waals surface area contributed by atoms with Crippen LogP contribution in [-0.4, -0.2) is 4.98 Å². The van der Waals surface area contributed by atoms with Crippen LogP contribution in [-0.2, 0) is 0 Å². The monoisotopic (exact) mass is 129 g/mol. The number of hydrogen-bond acceptors (Lipinski definition) is 1. The molecule has 1 aromatic heterocycles. The van der Waals surface area contributed by atoms with E-state index in [0.717, 1.165) is 5.30 Å². The molecular weight excluding hydrogens is 124 g/mol. The second-order valence-electron chi connectivity index (χ2n) is 1.41. The highest BCUT2D eigenvalue weighted by Crippen LogP contribution is 1.90. The van der Waals surface area contributed by atoms with Gasteiger partial charge < -0.3 is 0 Å². The fraction of sp³-hybridized carbons (Fsp3) is 0. The van der Waals surface area contributed by atoms with Crippen LogP contribution in [0.2, 0.25) is 0 Å². The summed E-state index contributed by atoms with van der Waals surface area (Å²) in [7, 11) is 2.38. The van der Waals surface area contributed by atoms with Crippen molar-refractivity contribution in [3.63, 3.8) is 0 Å². The first-order valence-corrected chi connectivity index (χ1v) is 2.74. The van der Waals surface area contributed by atoms with Gasteiger partial charge in [0.1, 0.15) is 0 Å². The summed E-state index contributed by atoms with van der Waals surface area (Å²) in [5.74, 6) is -0.433. The summed E-state index contributed by atoms with van der Waals surface area (Å²) in [6.45, 7) is 0. The van der Waals surface area contributed by atoms with Gasteiger partial charge in [0.2, 0.25) is 5.95 Å². The number of halogens is 1. The molecule has 0 aliphatic rings. The molecule has 0 spiro atoms. The van der Waals surface area contributed by atoms with Crippen molar-refractivity contribution in [2.75, 3.05) is 0 Å². The summed E-state index contributed by atoms with van der Waals surface area (Å²) >= 11 is 0. The van der Waals surface area contributed by atoms with Crippen molar-refractivity contribution in [3.8, 4) is 0 Å². The summed E-state index contributed by atoms with van der Waals surface area (Å²) in [6.07, 6.45) is 1.43. The number of hydrogen-bond donors (Lipinski definition) is 0. The Morgan fingerprint density at radius 1 is 1.62 bits per heavy atom. The predicted octanol–water partition coefficient (Wildman–Crippen LogP) is 0.721. The van der Waals surface area contributed by atoms with Gasteiger partial charge in [-0.3, -0.25) is 0 Å². The standard InChI is InChI=1S/C5H5FNP/c6-5-3-4(8)1-2-7-5/h1-3H,8H2. The molecule has 0 saturated carbocycles. The van der Waals surface area contributed by atoms with Gasteiger partial charge in [-0.05, 0) is 11.4 Å². The van der Waals surface area contributed by atoms with Crippen LogP contribution < -0.4 is 5.30 Å². The van der Waals surface area contributed by atoms with Gasteiger partial charge in [-0.2, -0.15) is 4.39 Å². The van der Waals surface area contributed by atoms with Gasteiger partial charge in [-0.25, -0.2) is 4.98 Å². The molecule has 1 atom stereocenters. The van der Waals surface area contributed by atoms with E-state index >= 15 is 0 Å². The van der Waals surface area contributed by atoms with Crippen molar-refractivity contribution in [3.05, 3.63) is 24.3 Å². The van der Waals surface area contributed by atoms with E-state index in [1.165, 1.54) is 12.3 Å². The Labute approximate surface area is 49.1 Å². The number of nitrogens with zero attached hydrogens (tertiary/aromatic N) is 1. The van der Waals surface area contributed by atoms with Crippen molar-refractivity contribution in [2.45, 2.75) is 0 Å². The smallest absolute Gasteiger partial charge is 0.213 e. The van der Waals surface area contributed by atoms with Crippen LogP contribution in [0.25, 0.3) is 0 Å². The summed E-state index contributed by atoms with van der Waals surface area (Å²) in [6, 6.07) is 3.07. The Morgan fingerprint density at radius 2 is 2.38 bits per heavy atom. The largest absolute Gasteiger partial charge is 0.228 e. The zero-order chi connectivity index (χ0) is 5.98. The minimum absolute atomic E-state index is 0.433. The van der Waals surface area contributed by atoms with Crippen molar-refractivity contribution in [1.29, 1.82) is 0 Å². The lowest BCUT2D eigenvalue weighted by atomic mass is 10.5. The minimum Gasteiger partial charge on any atom is -0.228 e. The lowest BCUT2D eigenvalue weighted by Crippen LogP contribution is -1.91. The van der Waals surface area contributed by atoms with Gasteiger partial charge in [0.15, 0.2) is 0 Å². The van der Waals surface area contributed by atoms with Crippen molar-refractivity contribution in [2.24, 2.45) is 0 Å². The van der Waals surface area contributed by atoms with Crippen LogP contribution in [0.3, 0.4) is 0 Å². The van der Waals surface area contributed by atoms with Gasteiger partial charge in [0.25, 0.3) is 0 Å². The minimum atomic E-state index is -0.433. The SMILES string of the molecule is Fc1cc(P)ccn1. The zero-order valence-electron chi connectivity index (χ0n) is 4.13. The number of pyridine rings is 1. The molecule has 0 aliphatic heterocycles. The van der Waals surface area contributed by atoms with Crippen LogP contribution in [0.1, 0.15) is 0 Å². The fourth-order valence-electron chi connectivity index (χ4n) is 0.417. The Balaban J connectivity index is 3.08. The highest BCUT2D eigenvalue weighted by molar-refractivity contribution is 7.27. The lowest BCUT2D eigenvalue weighted by molar-refractivity contribution is 0.585. The third kappa shape index (κ3) is 1.24. The first-order valence-electron chi connectivity index (χ1n) is 2.16. The van der Waals surface area contributed by atoms with Gasteiger partial charge in [0.05, 0.1) is 0 Å². The molecular formula is C5H5FNP. The van der Waals surface area contributed by atoms with Crippen molar-refractivity contribution >= 4 is 14.5 Å². The molecule has 8 heavy (non-hydrogen) atoms. The fourth-order valence-corrected chi connectivity index (χ4v) is 0.641. The molecule has 1 aromatic rings. The molecule has 0 radical (unpaired) electrons. The summed E-state index contributed by atoms with van der Waals surface area (Å²) in [4.78, 5) is 3.36. The van der Waals surface area contributed by atoms with E-state index in [1.807, 2.05) is 0 Å². The van der Waals surface area contributed by atoms with E-state index in [2.05, 4.69) is 14.2 Å². The van der Waals surface area contributed by atoms with Crippen LogP contribution in [0.5, 0.6) is 0 Å². The Bertz CT molecular complexity index is 172. The average molecular weight is 129 g/mol. The van der Waals surface area contributed by atoms with E-state index in [9.17, 15) is 4.39 Å². The van der Waals surface area contributed by atoms with Crippen LogP contribution in [0.15, 0.2) is 18.3 Å². The lowest BCUT2D eigenvalue weighted by Gasteiger charge is -1.86. The van der Waals surface area contributed by atoms with Crippen molar-refractivity contribution in [1.82, 2.24) is 4.98 Å². The van der Waals surface area contributed by atoms with Crippen molar-refractivity contribution < 1.29 is 4.39 Å². The normalized spacial score (nSPS) is 9.25. The average Bonchev–Trinajstić information content (AvgIpc) is 1.64. The van der Waals surface area contributed by atoms with E-state index in [-0.39, 0.29) is 0 Å². The molecule has 0 bridgehead atoms.